The summed E-state index contributed by atoms with van der Waals surface area (Å²) in [6.07, 6.45) is 2.66. The van der Waals surface area contributed by atoms with Gasteiger partial charge in [-0.3, -0.25) is 0 Å². The van der Waals surface area contributed by atoms with Gasteiger partial charge in [-0.2, -0.15) is 5.10 Å². The number of benzene rings is 1. The molecule has 0 spiro atoms. The summed E-state index contributed by atoms with van der Waals surface area (Å²) >= 11 is 3.58. The number of halogens is 1. The Morgan fingerprint density at radius 1 is 1.30 bits per heavy atom. The van der Waals surface area contributed by atoms with Crippen molar-refractivity contribution < 1.29 is 0 Å². The maximum Gasteiger partial charge on any atom is 0.0743 e. The Morgan fingerprint density at radius 3 is 2.60 bits per heavy atom. The van der Waals surface area contributed by atoms with Gasteiger partial charge >= 0.3 is 0 Å². The zero-order valence-electron chi connectivity index (χ0n) is 12.2. The molecule has 1 aromatic heterocycles. The van der Waals surface area contributed by atoms with Crippen LogP contribution in [0.25, 0.3) is 5.69 Å². The van der Waals surface area contributed by atoms with Crippen LogP contribution in [0.2, 0.25) is 0 Å². The Balaban J connectivity index is 1.86. The van der Waals surface area contributed by atoms with Crippen LogP contribution in [-0.2, 0) is 6.54 Å². The molecule has 1 aromatic carbocycles. The molecule has 1 N–H and O–H groups in total. The van der Waals surface area contributed by atoms with E-state index in [0.717, 1.165) is 34.1 Å². The molecule has 0 amide bonds. The van der Waals surface area contributed by atoms with Crippen molar-refractivity contribution in [3.63, 3.8) is 0 Å². The standard InChI is InChI=1S/C16H20BrN3/c1-10-8-15(20-12(3)16(17)11(2)19-20)7-4-13(10)9-18-14-5-6-14/h4,7-8,14,18H,5-6,9H2,1-3H3. The van der Waals surface area contributed by atoms with Crippen LogP contribution in [0, 0.1) is 20.8 Å². The van der Waals surface area contributed by atoms with Crippen molar-refractivity contribution in [1.82, 2.24) is 15.1 Å². The normalized spacial score (nSPS) is 14.8. The first kappa shape index (κ1) is 13.8. The molecule has 0 radical (unpaired) electrons. The quantitative estimate of drug-likeness (QED) is 0.921. The van der Waals surface area contributed by atoms with Gasteiger partial charge in [0.25, 0.3) is 0 Å². The second-order valence-corrected chi connectivity index (χ2v) is 6.46. The molecular weight excluding hydrogens is 314 g/mol. The fourth-order valence-electron chi connectivity index (χ4n) is 2.43. The summed E-state index contributed by atoms with van der Waals surface area (Å²) in [5.74, 6) is 0. The Morgan fingerprint density at radius 2 is 2.05 bits per heavy atom. The lowest BCUT2D eigenvalue weighted by atomic mass is 10.1. The highest BCUT2D eigenvalue weighted by molar-refractivity contribution is 9.10. The average molecular weight is 334 g/mol. The topological polar surface area (TPSA) is 29.9 Å². The number of aromatic nitrogens is 2. The molecule has 2 aromatic rings. The van der Waals surface area contributed by atoms with Gasteiger partial charge in [-0.1, -0.05) is 6.07 Å². The molecule has 0 atom stereocenters. The molecule has 0 saturated heterocycles. The van der Waals surface area contributed by atoms with Crippen LogP contribution in [0.3, 0.4) is 0 Å². The Bertz CT molecular complexity index is 641. The van der Waals surface area contributed by atoms with Gasteiger partial charge in [0.2, 0.25) is 0 Å². The van der Waals surface area contributed by atoms with E-state index in [1.807, 2.05) is 11.6 Å². The molecule has 0 bridgehead atoms. The molecule has 1 fully saturated rings. The second-order valence-electron chi connectivity index (χ2n) is 5.66. The minimum absolute atomic E-state index is 0.751. The molecule has 1 aliphatic rings. The molecular formula is C16H20BrN3. The highest BCUT2D eigenvalue weighted by Crippen LogP contribution is 2.24. The van der Waals surface area contributed by atoms with Crippen LogP contribution in [0.15, 0.2) is 22.7 Å². The van der Waals surface area contributed by atoms with E-state index >= 15 is 0 Å². The monoisotopic (exact) mass is 333 g/mol. The molecule has 3 rings (SSSR count). The van der Waals surface area contributed by atoms with Gasteiger partial charge in [-0.05, 0) is 72.8 Å². The highest BCUT2D eigenvalue weighted by Gasteiger charge is 2.20. The van der Waals surface area contributed by atoms with E-state index in [0.29, 0.717) is 0 Å². The third kappa shape index (κ3) is 2.67. The summed E-state index contributed by atoms with van der Waals surface area (Å²) in [5, 5.41) is 8.16. The summed E-state index contributed by atoms with van der Waals surface area (Å²) in [4.78, 5) is 0. The predicted octanol–water partition coefficient (Wildman–Crippen LogP) is 3.81. The molecule has 4 heteroatoms. The van der Waals surface area contributed by atoms with Gasteiger partial charge in [-0.15, -0.1) is 0 Å². The van der Waals surface area contributed by atoms with Crippen molar-refractivity contribution in [2.24, 2.45) is 0 Å². The van der Waals surface area contributed by atoms with Gasteiger partial charge in [0, 0.05) is 12.6 Å². The molecule has 1 aliphatic carbocycles. The van der Waals surface area contributed by atoms with Gasteiger partial charge in [0.1, 0.15) is 0 Å². The van der Waals surface area contributed by atoms with Gasteiger partial charge in [0.15, 0.2) is 0 Å². The van der Waals surface area contributed by atoms with E-state index in [4.69, 9.17) is 0 Å². The largest absolute Gasteiger partial charge is 0.310 e. The first-order valence-corrected chi connectivity index (χ1v) is 7.90. The number of hydrogen-bond acceptors (Lipinski definition) is 2. The molecule has 0 aliphatic heterocycles. The minimum atomic E-state index is 0.751. The molecule has 1 saturated carbocycles. The summed E-state index contributed by atoms with van der Waals surface area (Å²) < 4.78 is 3.10. The zero-order chi connectivity index (χ0) is 14.3. The molecule has 20 heavy (non-hydrogen) atoms. The SMILES string of the molecule is Cc1cc(-n2nc(C)c(Br)c2C)ccc1CNC1CC1. The van der Waals surface area contributed by atoms with E-state index in [1.165, 1.54) is 24.0 Å². The fraction of sp³-hybridized carbons (Fsp3) is 0.438. The van der Waals surface area contributed by atoms with Crippen molar-refractivity contribution in [2.75, 3.05) is 0 Å². The van der Waals surface area contributed by atoms with E-state index in [-0.39, 0.29) is 0 Å². The first-order valence-electron chi connectivity index (χ1n) is 7.11. The van der Waals surface area contributed by atoms with Crippen molar-refractivity contribution in [3.05, 3.63) is 45.2 Å². The number of rotatable bonds is 4. The number of nitrogens with one attached hydrogen (secondary N) is 1. The fourth-order valence-corrected chi connectivity index (χ4v) is 2.67. The van der Waals surface area contributed by atoms with E-state index < -0.39 is 0 Å². The van der Waals surface area contributed by atoms with Crippen molar-refractivity contribution >= 4 is 15.9 Å². The average Bonchev–Trinajstić information content (AvgIpc) is 3.21. The van der Waals surface area contributed by atoms with Crippen LogP contribution in [-0.4, -0.2) is 15.8 Å². The van der Waals surface area contributed by atoms with E-state index in [2.05, 4.69) is 58.4 Å². The lowest BCUT2D eigenvalue weighted by Crippen LogP contribution is -2.16. The van der Waals surface area contributed by atoms with Gasteiger partial charge < -0.3 is 5.32 Å². The van der Waals surface area contributed by atoms with Crippen molar-refractivity contribution in [2.45, 2.75) is 46.2 Å². The Hall–Kier alpha value is -1.13. The second kappa shape index (κ2) is 5.34. The number of aryl methyl sites for hydroxylation is 2. The molecule has 106 valence electrons. The number of nitrogens with zero attached hydrogens (tertiary/aromatic N) is 2. The molecule has 1 heterocycles. The van der Waals surface area contributed by atoms with Crippen LogP contribution >= 0.6 is 15.9 Å². The van der Waals surface area contributed by atoms with E-state index in [1.54, 1.807) is 0 Å². The third-order valence-electron chi connectivity index (χ3n) is 3.93. The lowest BCUT2D eigenvalue weighted by molar-refractivity contribution is 0.684. The van der Waals surface area contributed by atoms with Crippen molar-refractivity contribution in [3.8, 4) is 5.69 Å². The van der Waals surface area contributed by atoms with Gasteiger partial charge in [0.05, 0.1) is 21.5 Å². The van der Waals surface area contributed by atoms with Crippen LogP contribution < -0.4 is 5.32 Å². The van der Waals surface area contributed by atoms with E-state index in [9.17, 15) is 0 Å². The summed E-state index contributed by atoms with van der Waals surface area (Å²) in [7, 11) is 0. The Kier molecular flexibility index (Phi) is 3.69. The Labute approximate surface area is 128 Å². The summed E-state index contributed by atoms with van der Waals surface area (Å²) in [5.41, 5.74) is 6.00. The highest BCUT2D eigenvalue weighted by atomic mass is 79.9. The smallest absolute Gasteiger partial charge is 0.0743 e. The summed E-state index contributed by atoms with van der Waals surface area (Å²) in [6, 6.07) is 7.34. The van der Waals surface area contributed by atoms with Crippen LogP contribution in [0.1, 0.15) is 35.4 Å². The molecule has 0 unspecified atom stereocenters. The predicted molar refractivity (Wildman–Crippen MR) is 85.3 cm³/mol. The summed E-state index contributed by atoms with van der Waals surface area (Å²) in [6.45, 7) is 7.25. The first-order chi connectivity index (χ1) is 9.56. The third-order valence-corrected chi connectivity index (χ3v) is 5.08. The van der Waals surface area contributed by atoms with Crippen LogP contribution in [0.4, 0.5) is 0 Å². The molecule has 3 nitrogen and oxygen atoms in total. The lowest BCUT2D eigenvalue weighted by Gasteiger charge is -2.10. The van der Waals surface area contributed by atoms with Gasteiger partial charge in [-0.25, -0.2) is 4.68 Å². The van der Waals surface area contributed by atoms with Crippen molar-refractivity contribution in [1.29, 1.82) is 0 Å². The number of hydrogen-bond donors (Lipinski definition) is 1. The minimum Gasteiger partial charge on any atom is -0.310 e. The maximum atomic E-state index is 4.59. The zero-order valence-corrected chi connectivity index (χ0v) is 13.8. The van der Waals surface area contributed by atoms with Crippen LogP contribution in [0.5, 0.6) is 0 Å². The maximum absolute atomic E-state index is 4.59.